The predicted molar refractivity (Wildman–Crippen MR) is 79.4 cm³/mol. The van der Waals surface area contributed by atoms with E-state index in [2.05, 4.69) is 30.2 Å². The standard InChI is InChI=1S/C14H22N6O3/c1-4-21-9(2)13-16-12(23-19-13)8-20-5-6-22-11(7-20)14-15-10(3)17-18-14/h9,11H,4-8H2,1-3H3,(H,15,17,18). The number of ether oxygens (including phenoxy) is 2. The van der Waals surface area contributed by atoms with Gasteiger partial charge in [0.1, 0.15) is 18.0 Å². The molecule has 3 rings (SSSR count). The van der Waals surface area contributed by atoms with Crippen LogP contribution in [0, 0.1) is 6.92 Å². The van der Waals surface area contributed by atoms with Gasteiger partial charge >= 0.3 is 0 Å². The van der Waals surface area contributed by atoms with Gasteiger partial charge in [-0.3, -0.25) is 10.00 Å². The molecule has 0 amide bonds. The van der Waals surface area contributed by atoms with E-state index in [9.17, 15) is 0 Å². The zero-order valence-electron chi connectivity index (χ0n) is 13.7. The summed E-state index contributed by atoms with van der Waals surface area (Å²) in [6, 6.07) is 0. The van der Waals surface area contributed by atoms with Gasteiger partial charge in [0.05, 0.1) is 13.2 Å². The van der Waals surface area contributed by atoms with Gasteiger partial charge in [-0.2, -0.15) is 10.1 Å². The lowest BCUT2D eigenvalue weighted by Gasteiger charge is -2.30. The first-order chi connectivity index (χ1) is 11.2. The van der Waals surface area contributed by atoms with Crippen molar-refractivity contribution in [3.05, 3.63) is 23.4 Å². The summed E-state index contributed by atoms with van der Waals surface area (Å²) in [5.41, 5.74) is 0. The molecular formula is C14H22N6O3. The molecule has 1 aliphatic rings. The molecular weight excluding hydrogens is 300 g/mol. The second-order valence-electron chi connectivity index (χ2n) is 5.52. The van der Waals surface area contributed by atoms with E-state index in [1.54, 1.807) is 0 Å². The molecule has 0 spiro atoms. The van der Waals surface area contributed by atoms with Gasteiger partial charge in [0.2, 0.25) is 5.89 Å². The van der Waals surface area contributed by atoms with Crippen molar-refractivity contribution >= 4 is 0 Å². The third kappa shape index (κ3) is 3.92. The zero-order chi connectivity index (χ0) is 16.2. The fourth-order valence-corrected chi connectivity index (χ4v) is 2.52. The molecule has 9 nitrogen and oxygen atoms in total. The molecule has 1 N–H and O–H groups in total. The first-order valence-electron chi connectivity index (χ1n) is 7.82. The number of nitrogens with zero attached hydrogens (tertiary/aromatic N) is 5. The molecule has 1 fully saturated rings. The SMILES string of the molecule is CCOC(C)c1noc(CN2CCOC(c3n[nH]c(C)n3)C2)n1. The van der Waals surface area contributed by atoms with Crippen molar-refractivity contribution in [3.8, 4) is 0 Å². The summed E-state index contributed by atoms with van der Waals surface area (Å²) in [6.07, 6.45) is -0.301. The van der Waals surface area contributed by atoms with Crippen LogP contribution in [0.15, 0.2) is 4.52 Å². The van der Waals surface area contributed by atoms with Crippen LogP contribution in [0.25, 0.3) is 0 Å². The van der Waals surface area contributed by atoms with Crippen molar-refractivity contribution in [3.63, 3.8) is 0 Å². The van der Waals surface area contributed by atoms with Crippen molar-refractivity contribution < 1.29 is 14.0 Å². The Bertz CT molecular complexity index is 628. The van der Waals surface area contributed by atoms with Crippen LogP contribution in [0.4, 0.5) is 0 Å². The fraction of sp³-hybridized carbons (Fsp3) is 0.714. The largest absolute Gasteiger partial charge is 0.371 e. The summed E-state index contributed by atoms with van der Waals surface area (Å²) in [5.74, 6) is 2.63. The van der Waals surface area contributed by atoms with Crippen LogP contribution in [0.3, 0.4) is 0 Å². The zero-order valence-corrected chi connectivity index (χ0v) is 13.7. The van der Waals surface area contributed by atoms with E-state index in [1.807, 2.05) is 20.8 Å². The summed E-state index contributed by atoms with van der Waals surface area (Å²) < 4.78 is 16.5. The minimum atomic E-state index is -0.161. The maximum Gasteiger partial charge on any atom is 0.240 e. The molecule has 0 aromatic carbocycles. The van der Waals surface area contributed by atoms with Gasteiger partial charge in [-0.15, -0.1) is 0 Å². The quantitative estimate of drug-likeness (QED) is 0.845. The highest BCUT2D eigenvalue weighted by molar-refractivity contribution is 4.96. The fourth-order valence-electron chi connectivity index (χ4n) is 2.52. The third-order valence-electron chi connectivity index (χ3n) is 3.68. The van der Waals surface area contributed by atoms with E-state index in [-0.39, 0.29) is 12.2 Å². The molecule has 2 aromatic heterocycles. The van der Waals surface area contributed by atoms with Crippen LogP contribution in [0.5, 0.6) is 0 Å². The van der Waals surface area contributed by atoms with Crippen molar-refractivity contribution in [1.82, 2.24) is 30.2 Å². The summed E-state index contributed by atoms with van der Waals surface area (Å²) in [6.45, 7) is 9.03. The Hall–Kier alpha value is -1.84. The van der Waals surface area contributed by atoms with Gasteiger partial charge in [-0.25, -0.2) is 4.98 Å². The average Bonchev–Trinajstić information content (AvgIpc) is 3.17. The second-order valence-corrected chi connectivity index (χ2v) is 5.52. The second kappa shape index (κ2) is 7.16. The number of aromatic amines is 1. The van der Waals surface area contributed by atoms with E-state index in [4.69, 9.17) is 14.0 Å². The van der Waals surface area contributed by atoms with E-state index in [1.165, 1.54) is 0 Å². The molecule has 2 aromatic rings. The number of aryl methyl sites for hydroxylation is 1. The highest BCUT2D eigenvalue weighted by Gasteiger charge is 2.26. The molecule has 0 saturated carbocycles. The number of nitrogens with one attached hydrogen (secondary N) is 1. The lowest BCUT2D eigenvalue weighted by Crippen LogP contribution is -2.38. The third-order valence-corrected chi connectivity index (χ3v) is 3.68. The number of hydrogen-bond donors (Lipinski definition) is 1. The number of hydrogen-bond acceptors (Lipinski definition) is 8. The van der Waals surface area contributed by atoms with Crippen LogP contribution < -0.4 is 0 Å². The minimum Gasteiger partial charge on any atom is -0.371 e. The van der Waals surface area contributed by atoms with Gasteiger partial charge in [-0.05, 0) is 20.8 Å². The molecule has 23 heavy (non-hydrogen) atoms. The number of aromatic nitrogens is 5. The van der Waals surface area contributed by atoms with E-state index < -0.39 is 0 Å². The minimum absolute atomic E-state index is 0.140. The first kappa shape index (κ1) is 16.0. The van der Waals surface area contributed by atoms with Gasteiger partial charge in [0.15, 0.2) is 11.6 Å². The molecule has 2 unspecified atom stereocenters. The molecule has 3 heterocycles. The molecule has 126 valence electrons. The summed E-state index contributed by atoms with van der Waals surface area (Å²) in [5, 5.41) is 11.0. The van der Waals surface area contributed by atoms with Gasteiger partial charge < -0.3 is 14.0 Å². The maximum atomic E-state index is 5.75. The summed E-state index contributed by atoms with van der Waals surface area (Å²) in [4.78, 5) is 10.9. The summed E-state index contributed by atoms with van der Waals surface area (Å²) >= 11 is 0. The lowest BCUT2D eigenvalue weighted by atomic mass is 10.2. The van der Waals surface area contributed by atoms with Gasteiger partial charge in [0.25, 0.3) is 0 Å². The Balaban J connectivity index is 1.59. The number of H-pyrrole nitrogens is 1. The molecule has 2 atom stereocenters. The van der Waals surface area contributed by atoms with Crippen LogP contribution in [0.2, 0.25) is 0 Å². The monoisotopic (exact) mass is 322 g/mol. The first-order valence-corrected chi connectivity index (χ1v) is 7.82. The Kier molecular flexibility index (Phi) is 4.99. The van der Waals surface area contributed by atoms with Crippen molar-refractivity contribution in [1.29, 1.82) is 0 Å². The summed E-state index contributed by atoms with van der Waals surface area (Å²) in [7, 11) is 0. The molecule has 0 radical (unpaired) electrons. The normalized spacial score (nSPS) is 20.7. The van der Waals surface area contributed by atoms with Crippen LogP contribution in [-0.2, 0) is 16.0 Å². The van der Waals surface area contributed by atoms with E-state index in [0.717, 1.165) is 12.4 Å². The highest BCUT2D eigenvalue weighted by Crippen LogP contribution is 2.21. The van der Waals surface area contributed by atoms with Gasteiger partial charge in [-0.1, -0.05) is 5.16 Å². The van der Waals surface area contributed by atoms with Crippen LogP contribution in [-0.4, -0.2) is 56.5 Å². The number of morpholine rings is 1. The van der Waals surface area contributed by atoms with Crippen LogP contribution in [0.1, 0.15) is 49.4 Å². The van der Waals surface area contributed by atoms with E-state index in [0.29, 0.717) is 43.8 Å². The maximum absolute atomic E-state index is 5.75. The molecule has 1 saturated heterocycles. The molecule has 1 aliphatic heterocycles. The average molecular weight is 322 g/mol. The van der Waals surface area contributed by atoms with Crippen molar-refractivity contribution in [2.24, 2.45) is 0 Å². The Morgan fingerprint density at radius 3 is 3.04 bits per heavy atom. The molecule has 0 bridgehead atoms. The van der Waals surface area contributed by atoms with Crippen molar-refractivity contribution in [2.75, 3.05) is 26.3 Å². The van der Waals surface area contributed by atoms with Gasteiger partial charge in [0, 0.05) is 19.7 Å². The molecule has 9 heteroatoms. The highest BCUT2D eigenvalue weighted by atomic mass is 16.5. The predicted octanol–water partition coefficient (Wildman–Crippen LogP) is 1.17. The lowest BCUT2D eigenvalue weighted by molar-refractivity contribution is -0.0396. The Morgan fingerprint density at radius 2 is 2.30 bits per heavy atom. The molecule has 0 aliphatic carbocycles. The Labute approximate surface area is 134 Å². The topological polar surface area (TPSA) is 102 Å². The van der Waals surface area contributed by atoms with Crippen molar-refractivity contribution in [2.45, 2.75) is 39.5 Å². The van der Waals surface area contributed by atoms with Crippen LogP contribution >= 0.6 is 0 Å². The smallest absolute Gasteiger partial charge is 0.240 e. The number of rotatable bonds is 6. The van der Waals surface area contributed by atoms with E-state index >= 15 is 0 Å². The Morgan fingerprint density at radius 1 is 1.43 bits per heavy atom.